The van der Waals surface area contributed by atoms with Crippen LogP contribution in [0.5, 0.6) is 0 Å². The third-order valence-electron chi connectivity index (χ3n) is 2.28. The van der Waals surface area contributed by atoms with Gasteiger partial charge in [-0.15, -0.1) is 0 Å². The van der Waals surface area contributed by atoms with Gasteiger partial charge < -0.3 is 5.32 Å². The van der Waals surface area contributed by atoms with Crippen molar-refractivity contribution in [3.8, 4) is 0 Å². The summed E-state index contributed by atoms with van der Waals surface area (Å²) in [6, 6.07) is 6.23. The van der Waals surface area contributed by atoms with Gasteiger partial charge in [0.05, 0.1) is 11.0 Å². The fourth-order valence-electron chi connectivity index (χ4n) is 1.45. The molecule has 7 heteroatoms. The van der Waals surface area contributed by atoms with Crippen molar-refractivity contribution in [3.05, 3.63) is 46.5 Å². The first-order chi connectivity index (χ1) is 8.16. The summed E-state index contributed by atoms with van der Waals surface area (Å²) in [5, 5.41) is 20.2. The van der Waals surface area contributed by atoms with E-state index in [2.05, 4.69) is 20.5 Å². The fourth-order valence-corrected chi connectivity index (χ4v) is 1.45. The van der Waals surface area contributed by atoms with Crippen LogP contribution in [-0.4, -0.2) is 20.1 Å². The van der Waals surface area contributed by atoms with Crippen LogP contribution in [0.15, 0.2) is 30.6 Å². The third kappa shape index (κ3) is 2.57. The van der Waals surface area contributed by atoms with E-state index >= 15 is 0 Å². The molecule has 0 aliphatic rings. The van der Waals surface area contributed by atoms with Gasteiger partial charge in [0, 0.05) is 17.8 Å². The Labute approximate surface area is 97.0 Å². The summed E-state index contributed by atoms with van der Waals surface area (Å²) >= 11 is 0. The first-order valence-electron chi connectivity index (χ1n) is 5.03. The predicted molar refractivity (Wildman–Crippen MR) is 61.5 cm³/mol. The number of hydrogen-bond donors (Lipinski definition) is 2. The number of nitro groups is 1. The molecular formula is C10H11N5O2. The van der Waals surface area contributed by atoms with Crippen molar-refractivity contribution in [3.63, 3.8) is 0 Å². The van der Waals surface area contributed by atoms with E-state index < -0.39 is 4.92 Å². The van der Waals surface area contributed by atoms with E-state index in [0.717, 1.165) is 0 Å². The molecule has 0 aliphatic carbocycles. The zero-order valence-corrected chi connectivity index (χ0v) is 9.12. The van der Waals surface area contributed by atoms with E-state index in [1.54, 1.807) is 12.1 Å². The third-order valence-corrected chi connectivity index (χ3v) is 2.28. The molecular weight excluding hydrogens is 222 g/mol. The van der Waals surface area contributed by atoms with E-state index in [9.17, 15) is 10.1 Å². The molecule has 2 aromatic rings. The highest BCUT2D eigenvalue weighted by Crippen LogP contribution is 2.20. The molecule has 1 unspecified atom stereocenters. The number of anilines is 1. The van der Waals surface area contributed by atoms with E-state index in [0.29, 0.717) is 11.5 Å². The Morgan fingerprint density at radius 1 is 1.53 bits per heavy atom. The average Bonchev–Trinajstić information content (AvgIpc) is 2.82. The zero-order valence-electron chi connectivity index (χ0n) is 9.12. The van der Waals surface area contributed by atoms with Crippen LogP contribution < -0.4 is 5.32 Å². The Kier molecular flexibility index (Phi) is 2.99. The number of nitrogens with one attached hydrogen (secondary N) is 2. The summed E-state index contributed by atoms with van der Waals surface area (Å²) in [4.78, 5) is 14.2. The number of nitrogens with zero attached hydrogens (tertiary/aromatic N) is 3. The SMILES string of the molecule is CC(Nc1cccc([N+](=O)[O-])c1)c1ncn[nH]1. The minimum atomic E-state index is -0.426. The number of benzene rings is 1. The zero-order chi connectivity index (χ0) is 12.3. The molecule has 0 spiro atoms. The van der Waals surface area contributed by atoms with Crippen LogP contribution in [0.1, 0.15) is 18.8 Å². The number of aromatic nitrogens is 3. The van der Waals surface area contributed by atoms with Crippen molar-refractivity contribution in [2.24, 2.45) is 0 Å². The Morgan fingerprint density at radius 3 is 3.00 bits per heavy atom. The van der Waals surface area contributed by atoms with Gasteiger partial charge >= 0.3 is 0 Å². The molecule has 0 radical (unpaired) electrons. The summed E-state index contributed by atoms with van der Waals surface area (Å²) in [6.45, 7) is 1.89. The minimum Gasteiger partial charge on any atom is -0.375 e. The monoisotopic (exact) mass is 233 g/mol. The quantitative estimate of drug-likeness (QED) is 0.620. The molecule has 1 heterocycles. The van der Waals surface area contributed by atoms with Crippen LogP contribution in [0.3, 0.4) is 0 Å². The van der Waals surface area contributed by atoms with E-state index in [-0.39, 0.29) is 11.7 Å². The van der Waals surface area contributed by atoms with Crippen LogP contribution >= 0.6 is 0 Å². The highest BCUT2D eigenvalue weighted by molar-refractivity contribution is 5.51. The molecule has 7 nitrogen and oxygen atoms in total. The van der Waals surface area contributed by atoms with Crippen LogP contribution in [0.4, 0.5) is 11.4 Å². The highest BCUT2D eigenvalue weighted by atomic mass is 16.6. The highest BCUT2D eigenvalue weighted by Gasteiger charge is 2.10. The second-order valence-electron chi connectivity index (χ2n) is 3.54. The standard InChI is InChI=1S/C10H11N5O2/c1-7(10-11-6-12-14-10)13-8-3-2-4-9(5-8)15(16)17/h2-7,13H,1H3,(H,11,12,14). The molecule has 2 N–H and O–H groups in total. The topological polar surface area (TPSA) is 96.7 Å². The van der Waals surface area contributed by atoms with E-state index in [1.807, 2.05) is 6.92 Å². The second kappa shape index (κ2) is 4.60. The van der Waals surface area contributed by atoms with Gasteiger partial charge in [-0.05, 0) is 13.0 Å². The summed E-state index contributed by atoms with van der Waals surface area (Å²) in [6.07, 6.45) is 1.42. The average molecular weight is 233 g/mol. The van der Waals surface area contributed by atoms with E-state index in [1.165, 1.54) is 18.5 Å². The number of aromatic amines is 1. The first-order valence-corrected chi connectivity index (χ1v) is 5.03. The van der Waals surface area contributed by atoms with Gasteiger partial charge in [0.1, 0.15) is 12.2 Å². The number of nitro benzene ring substituents is 1. The minimum absolute atomic E-state index is 0.0553. The fraction of sp³-hybridized carbons (Fsp3) is 0.200. The molecule has 1 atom stereocenters. The lowest BCUT2D eigenvalue weighted by molar-refractivity contribution is -0.384. The Hall–Kier alpha value is -2.44. The van der Waals surface area contributed by atoms with Gasteiger partial charge in [-0.25, -0.2) is 4.98 Å². The smallest absolute Gasteiger partial charge is 0.271 e. The summed E-state index contributed by atoms with van der Waals surface area (Å²) in [5.41, 5.74) is 0.725. The molecule has 17 heavy (non-hydrogen) atoms. The number of hydrogen-bond acceptors (Lipinski definition) is 5. The van der Waals surface area contributed by atoms with Crippen molar-refractivity contribution in [1.82, 2.24) is 15.2 Å². The van der Waals surface area contributed by atoms with Gasteiger partial charge in [-0.2, -0.15) is 5.10 Å². The normalized spacial score (nSPS) is 12.1. The first kappa shape index (κ1) is 11.1. The second-order valence-corrected chi connectivity index (χ2v) is 3.54. The Morgan fingerprint density at radius 2 is 2.35 bits per heavy atom. The van der Waals surface area contributed by atoms with Gasteiger partial charge in [0.2, 0.25) is 0 Å². The molecule has 0 fully saturated rings. The van der Waals surface area contributed by atoms with Crippen molar-refractivity contribution in [2.45, 2.75) is 13.0 Å². The molecule has 0 amide bonds. The van der Waals surface area contributed by atoms with E-state index in [4.69, 9.17) is 0 Å². The van der Waals surface area contributed by atoms with Crippen LogP contribution in [0.25, 0.3) is 0 Å². The number of rotatable bonds is 4. The molecule has 2 rings (SSSR count). The van der Waals surface area contributed by atoms with Crippen molar-refractivity contribution < 1.29 is 4.92 Å². The summed E-state index contributed by atoms with van der Waals surface area (Å²) in [5.74, 6) is 0.677. The summed E-state index contributed by atoms with van der Waals surface area (Å²) < 4.78 is 0. The maximum Gasteiger partial charge on any atom is 0.271 e. The summed E-state index contributed by atoms with van der Waals surface area (Å²) in [7, 11) is 0. The molecule has 0 saturated heterocycles. The lowest BCUT2D eigenvalue weighted by Crippen LogP contribution is -2.08. The van der Waals surface area contributed by atoms with Crippen molar-refractivity contribution in [2.75, 3.05) is 5.32 Å². The molecule has 0 saturated carbocycles. The van der Waals surface area contributed by atoms with Gasteiger partial charge in [0.25, 0.3) is 5.69 Å². The molecule has 1 aromatic carbocycles. The maximum absolute atomic E-state index is 10.6. The Bertz CT molecular complexity index is 511. The number of non-ortho nitro benzene ring substituents is 1. The predicted octanol–water partition coefficient (Wildman–Crippen LogP) is 1.89. The number of H-pyrrole nitrogens is 1. The van der Waals surface area contributed by atoms with Crippen molar-refractivity contribution in [1.29, 1.82) is 0 Å². The molecule has 0 aliphatic heterocycles. The van der Waals surface area contributed by atoms with Crippen LogP contribution in [0.2, 0.25) is 0 Å². The molecule has 88 valence electrons. The largest absolute Gasteiger partial charge is 0.375 e. The van der Waals surface area contributed by atoms with Crippen LogP contribution in [-0.2, 0) is 0 Å². The lowest BCUT2D eigenvalue weighted by Gasteiger charge is -2.11. The molecule has 0 bridgehead atoms. The van der Waals surface area contributed by atoms with Crippen LogP contribution in [0, 0.1) is 10.1 Å². The van der Waals surface area contributed by atoms with Gasteiger partial charge in [0.15, 0.2) is 0 Å². The maximum atomic E-state index is 10.6. The van der Waals surface area contributed by atoms with Gasteiger partial charge in [-0.3, -0.25) is 15.2 Å². The molecule has 1 aromatic heterocycles. The van der Waals surface area contributed by atoms with Gasteiger partial charge in [-0.1, -0.05) is 6.07 Å². The lowest BCUT2D eigenvalue weighted by atomic mass is 10.2. The van der Waals surface area contributed by atoms with Crippen molar-refractivity contribution >= 4 is 11.4 Å². The Balaban J connectivity index is 2.13.